The van der Waals surface area contributed by atoms with Crippen LogP contribution in [0.25, 0.3) is 0 Å². The van der Waals surface area contributed by atoms with Crippen LogP contribution in [0.1, 0.15) is 19.3 Å². The summed E-state index contributed by atoms with van der Waals surface area (Å²) >= 11 is 0. The highest BCUT2D eigenvalue weighted by Gasteiger charge is 2.51. The van der Waals surface area contributed by atoms with Crippen molar-refractivity contribution in [3.05, 3.63) is 60.7 Å². The molecule has 2 aliphatic rings. The Hall–Kier alpha value is -1.94. The first-order chi connectivity index (χ1) is 13.5. The molecule has 0 spiro atoms. The molecule has 0 radical (unpaired) electrons. The van der Waals surface area contributed by atoms with Crippen molar-refractivity contribution in [1.82, 2.24) is 4.90 Å². The summed E-state index contributed by atoms with van der Waals surface area (Å²) in [6.45, 7) is 0. The lowest BCUT2D eigenvalue weighted by Crippen LogP contribution is -2.53. The molecule has 4 atom stereocenters. The molecule has 2 saturated heterocycles. The van der Waals surface area contributed by atoms with Gasteiger partial charge in [-0.2, -0.15) is 0 Å². The predicted octanol–water partition coefficient (Wildman–Crippen LogP) is 2.96. The second-order valence-corrected chi connectivity index (χ2v) is 9.96. The first-order valence-electron chi connectivity index (χ1n) is 9.74. The van der Waals surface area contributed by atoms with Gasteiger partial charge in [0, 0.05) is 22.7 Å². The van der Waals surface area contributed by atoms with E-state index in [1.54, 1.807) is 0 Å². The smallest absolute Gasteiger partial charge is 0.312 e. The number of ether oxygens (including phenoxy) is 1. The number of carbonyl (C=O) groups excluding carboxylic acids is 1. The molecule has 5 nitrogen and oxygen atoms in total. The summed E-state index contributed by atoms with van der Waals surface area (Å²) < 4.78 is 25.8. The fourth-order valence-corrected chi connectivity index (χ4v) is 6.95. The molecule has 6 heteroatoms. The van der Waals surface area contributed by atoms with E-state index in [0.717, 1.165) is 12.8 Å². The van der Waals surface area contributed by atoms with Gasteiger partial charge < -0.3 is 9.26 Å². The van der Waals surface area contributed by atoms with Crippen LogP contribution in [0.5, 0.6) is 0 Å². The van der Waals surface area contributed by atoms with E-state index in [1.807, 2.05) is 60.7 Å². The van der Waals surface area contributed by atoms with Gasteiger partial charge in [-0.25, -0.2) is 0 Å². The second kappa shape index (κ2) is 7.82. The number of benzene rings is 2. The first-order valence-corrected chi connectivity index (χ1v) is 11.4. The lowest BCUT2D eigenvalue weighted by Gasteiger charge is -2.42. The summed E-state index contributed by atoms with van der Waals surface area (Å²) in [6, 6.07) is 19.0. The molecule has 148 valence electrons. The van der Waals surface area contributed by atoms with E-state index in [0.29, 0.717) is 23.1 Å². The monoisotopic (exact) mass is 399 g/mol. The van der Waals surface area contributed by atoms with Crippen molar-refractivity contribution in [3.8, 4) is 0 Å². The minimum atomic E-state index is -3.35. The quantitative estimate of drug-likeness (QED) is 0.572. The first kappa shape index (κ1) is 19.4. The molecule has 0 unspecified atom stereocenters. The molecule has 2 aliphatic heterocycles. The van der Waals surface area contributed by atoms with E-state index in [-0.39, 0.29) is 12.0 Å². The zero-order valence-electron chi connectivity index (χ0n) is 16.2. The minimum absolute atomic E-state index is 0.0659. The second-order valence-electron chi connectivity index (χ2n) is 7.62. The van der Waals surface area contributed by atoms with Crippen LogP contribution in [0.15, 0.2) is 60.7 Å². The fraction of sp³-hybridized carbons (Fsp3) is 0.409. The van der Waals surface area contributed by atoms with Crippen LogP contribution in [0.3, 0.4) is 0 Å². The van der Waals surface area contributed by atoms with Crippen LogP contribution in [0.2, 0.25) is 0 Å². The van der Waals surface area contributed by atoms with Crippen molar-refractivity contribution in [1.29, 1.82) is 0 Å². The van der Waals surface area contributed by atoms with E-state index in [9.17, 15) is 9.36 Å². The number of carbonyl (C=O) groups is 1. The van der Waals surface area contributed by atoms with Gasteiger partial charge in [0.1, 0.15) is 0 Å². The maximum Gasteiger partial charge on any atom is 0.312 e. The summed E-state index contributed by atoms with van der Waals surface area (Å²) in [5.41, 5.74) is 0. The average Bonchev–Trinajstić information content (AvgIpc) is 2.98. The lowest BCUT2D eigenvalue weighted by atomic mass is 9.88. The molecule has 0 saturated carbocycles. The Morgan fingerprint density at radius 2 is 1.57 bits per heavy atom. The maximum absolute atomic E-state index is 14.3. The zero-order chi connectivity index (χ0) is 19.7. The topological polar surface area (TPSA) is 55.8 Å². The number of esters is 1. The van der Waals surface area contributed by atoms with Gasteiger partial charge in [-0.3, -0.25) is 14.3 Å². The van der Waals surface area contributed by atoms with Crippen LogP contribution in [0.4, 0.5) is 0 Å². The van der Waals surface area contributed by atoms with Crippen molar-refractivity contribution in [2.24, 2.45) is 5.92 Å². The predicted molar refractivity (Wildman–Crippen MR) is 109 cm³/mol. The summed E-state index contributed by atoms with van der Waals surface area (Å²) in [6.07, 6.45) is 2.20. The molecule has 2 aromatic rings. The van der Waals surface area contributed by atoms with Gasteiger partial charge in [0.15, 0.2) is 0 Å². The Morgan fingerprint density at radius 1 is 1.00 bits per heavy atom. The van der Waals surface area contributed by atoms with Gasteiger partial charge in [0.05, 0.1) is 19.1 Å². The number of rotatable bonds is 5. The van der Waals surface area contributed by atoms with Crippen LogP contribution < -0.4 is 10.6 Å². The number of piperidine rings is 1. The number of fused-ring (bicyclic) bond motifs is 2. The van der Waals surface area contributed by atoms with Crippen LogP contribution in [-0.4, -0.2) is 43.2 Å². The molecule has 28 heavy (non-hydrogen) atoms. The summed E-state index contributed by atoms with van der Waals surface area (Å²) in [5.74, 6) is -0.718. The normalized spacial score (nSPS) is 27.5. The Balaban J connectivity index is 1.74. The number of nitrogens with zero attached hydrogens (tertiary/aromatic N) is 1. The van der Waals surface area contributed by atoms with E-state index < -0.39 is 19.4 Å². The van der Waals surface area contributed by atoms with E-state index in [2.05, 4.69) is 11.9 Å². The van der Waals surface area contributed by atoms with E-state index in [4.69, 9.17) is 9.26 Å². The van der Waals surface area contributed by atoms with Crippen molar-refractivity contribution in [3.63, 3.8) is 0 Å². The van der Waals surface area contributed by atoms with Gasteiger partial charge in [-0.05, 0) is 50.6 Å². The number of hydrogen-bond acceptors (Lipinski definition) is 5. The molecule has 2 heterocycles. The molecule has 0 aliphatic carbocycles. The minimum Gasteiger partial charge on any atom is -0.469 e. The van der Waals surface area contributed by atoms with Crippen molar-refractivity contribution in [2.45, 2.75) is 37.5 Å². The Morgan fingerprint density at radius 3 is 2.11 bits per heavy atom. The van der Waals surface area contributed by atoms with Crippen molar-refractivity contribution in [2.75, 3.05) is 14.2 Å². The van der Waals surface area contributed by atoms with Crippen molar-refractivity contribution < 1.29 is 18.6 Å². The highest BCUT2D eigenvalue weighted by atomic mass is 31.2. The number of hydrogen-bond donors (Lipinski definition) is 0. The lowest BCUT2D eigenvalue weighted by molar-refractivity contribution is -0.154. The molecule has 4 rings (SSSR count). The third-order valence-electron chi connectivity index (χ3n) is 6.16. The average molecular weight is 399 g/mol. The Kier molecular flexibility index (Phi) is 5.42. The molecular weight excluding hydrogens is 373 g/mol. The molecule has 0 amide bonds. The molecular formula is C22H26NO4P. The van der Waals surface area contributed by atoms with Gasteiger partial charge in [-0.1, -0.05) is 36.4 Å². The third-order valence-corrected chi connectivity index (χ3v) is 8.69. The zero-order valence-corrected chi connectivity index (χ0v) is 17.1. The van der Waals surface area contributed by atoms with E-state index in [1.165, 1.54) is 7.11 Å². The summed E-state index contributed by atoms with van der Waals surface area (Å²) in [5, 5.41) is 1.30. The van der Waals surface area contributed by atoms with Gasteiger partial charge in [0.2, 0.25) is 0 Å². The van der Waals surface area contributed by atoms with Crippen LogP contribution in [0, 0.1) is 5.92 Å². The largest absolute Gasteiger partial charge is 0.469 e. The van der Waals surface area contributed by atoms with Gasteiger partial charge in [-0.15, -0.1) is 0 Å². The fourth-order valence-electron chi connectivity index (χ4n) is 4.68. The molecule has 0 N–H and O–H groups in total. The Labute approximate surface area is 166 Å². The molecule has 0 aromatic heterocycles. The van der Waals surface area contributed by atoms with Crippen LogP contribution >= 0.6 is 7.37 Å². The highest BCUT2D eigenvalue weighted by molar-refractivity contribution is 7.74. The molecule has 2 bridgehead atoms. The summed E-state index contributed by atoms with van der Waals surface area (Å²) in [7, 11) is 0.118. The Bertz CT molecular complexity index is 829. The SMILES string of the molecule is COC(=O)[C@H]1[C@@H](OP(=O)(c2ccccc2)c2ccccc2)C[C@@H]2CC[C@H]1N2C. The van der Waals surface area contributed by atoms with Gasteiger partial charge in [0.25, 0.3) is 7.37 Å². The van der Waals surface area contributed by atoms with E-state index >= 15 is 0 Å². The van der Waals surface area contributed by atoms with Crippen molar-refractivity contribution >= 4 is 23.9 Å². The summed E-state index contributed by atoms with van der Waals surface area (Å²) in [4.78, 5) is 14.9. The highest BCUT2D eigenvalue weighted by Crippen LogP contribution is 2.51. The number of methoxy groups -OCH3 is 1. The molecule has 2 aromatic carbocycles. The van der Waals surface area contributed by atoms with Crippen LogP contribution in [-0.2, 0) is 18.6 Å². The maximum atomic E-state index is 14.3. The third kappa shape index (κ3) is 3.32. The van der Waals surface area contributed by atoms with Gasteiger partial charge >= 0.3 is 5.97 Å². The molecule has 2 fully saturated rings. The standard InChI is InChI=1S/C22H26NO4P/c1-23-16-13-14-19(23)21(22(24)26-2)20(15-16)27-28(25,17-9-5-3-6-10-17)18-11-7-4-8-12-18/h3-12,16,19-21H,13-15H2,1-2H3/t16-,19+,20-,21+/m0/s1.